The fourth-order valence-electron chi connectivity index (χ4n) is 2.81. The third-order valence-electron chi connectivity index (χ3n) is 4.18. The Morgan fingerprint density at radius 2 is 1.70 bits per heavy atom. The molecular formula is C22H27NO4. The van der Waals surface area contributed by atoms with Gasteiger partial charge in [0.15, 0.2) is 0 Å². The third-order valence-corrected chi connectivity index (χ3v) is 4.18. The van der Waals surface area contributed by atoms with Crippen molar-refractivity contribution in [3.8, 4) is 5.75 Å². The SMILES string of the molecule is CC(=O)NC(C)(CCc1cccc(OCc2ccccc2)c1)COC(C)=O. The van der Waals surface area contributed by atoms with Crippen LogP contribution in [0.4, 0.5) is 0 Å². The molecule has 0 aliphatic carbocycles. The van der Waals surface area contributed by atoms with Crippen LogP contribution >= 0.6 is 0 Å². The second-order valence-corrected chi connectivity index (χ2v) is 6.94. The highest BCUT2D eigenvalue weighted by Gasteiger charge is 2.26. The summed E-state index contributed by atoms with van der Waals surface area (Å²) in [7, 11) is 0. The van der Waals surface area contributed by atoms with Crippen LogP contribution in [0.25, 0.3) is 0 Å². The molecule has 2 aromatic rings. The molecule has 5 nitrogen and oxygen atoms in total. The van der Waals surface area contributed by atoms with Crippen LogP contribution in [-0.4, -0.2) is 24.0 Å². The zero-order valence-electron chi connectivity index (χ0n) is 16.2. The van der Waals surface area contributed by atoms with Crippen molar-refractivity contribution in [1.82, 2.24) is 5.32 Å². The van der Waals surface area contributed by atoms with Gasteiger partial charge in [-0.1, -0.05) is 42.5 Å². The molecule has 27 heavy (non-hydrogen) atoms. The van der Waals surface area contributed by atoms with Crippen LogP contribution < -0.4 is 10.1 Å². The Kier molecular flexibility index (Phi) is 7.41. The van der Waals surface area contributed by atoms with Gasteiger partial charge in [-0.3, -0.25) is 9.59 Å². The van der Waals surface area contributed by atoms with E-state index in [2.05, 4.69) is 5.32 Å². The lowest BCUT2D eigenvalue weighted by Crippen LogP contribution is -2.49. The Morgan fingerprint density at radius 3 is 2.37 bits per heavy atom. The standard InChI is InChI=1S/C22H27NO4/c1-17(24)23-22(3,16-27-18(2)25)13-12-19-10-7-11-21(14-19)26-15-20-8-5-4-6-9-20/h4-11,14H,12-13,15-16H2,1-3H3,(H,23,24). The number of carbonyl (C=O) groups excluding carboxylic acids is 2. The van der Waals surface area contributed by atoms with Crippen LogP contribution in [0.2, 0.25) is 0 Å². The summed E-state index contributed by atoms with van der Waals surface area (Å²) >= 11 is 0. The van der Waals surface area contributed by atoms with Crippen LogP contribution in [0.3, 0.4) is 0 Å². The summed E-state index contributed by atoms with van der Waals surface area (Å²) in [5.74, 6) is 0.296. The highest BCUT2D eigenvalue weighted by molar-refractivity contribution is 5.74. The number of carbonyl (C=O) groups is 2. The summed E-state index contributed by atoms with van der Waals surface area (Å²) in [6, 6.07) is 17.9. The van der Waals surface area contributed by atoms with Gasteiger partial charge in [0.25, 0.3) is 0 Å². The van der Waals surface area contributed by atoms with Crippen LogP contribution in [0.15, 0.2) is 54.6 Å². The van der Waals surface area contributed by atoms with Gasteiger partial charge in [0.2, 0.25) is 5.91 Å². The maximum absolute atomic E-state index is 11.5. The Hall–Kier alpha value is -2.82. The number of ether oxygens (including phenoxy) is 2. The fraction of sp³-hybridized carbons (Fsp3) is 0.364. The number of esters is 1. The maximum Gasteiger partial charge on any atom is 0.302 e. The average molecular weight is 369 g/mol. The highest BCUT2D eigenvalue weighted by atomic mass is 16.5. The summed E-state index contributed by atoms with van der Waals surface area (Å²) in [4.78, 5) is 22.7. The monoisotopic (exact) mass is 369 g/mol. The van der Waals surface area contributed by atoms with E-state index in [1.165, 1.54) is 13.8 Å². The molecule has 1 N–H and O–H groups in total. The summed E-state index contributed by atoms with van der Waals surface area (Å²) in [6.45, 7) is 5.37. The van der Waals surface area contributed by atoms with Crippen molar-refractivity contribution in [2.45, 2.75) is 45.8 Å². The van der Waals surface area contributed by atoms with Gasteiger partial charge in [0.05, 0.1) is 5.54 Å². The third kappa shape index (κ3) is 7.52. The highest BCUT2D eigenvalue weighted by Crippen LogP contribution is 2.20. The smallest absolute Gasteiger partial charge is 0.302 e. The van der Waals surface area contributed by atoms with E-state index in [0.29, 0.717) is 13.0 Å². The summed E-state index contributed by atoms with van der Waals surface area (Å²) in [5, 5.41) is 2.90. The van der Waals surface area contributed by atoms with Gasteiger partial charge < -0.3 is 14.8 Å². The molecule has 1 unspecified atom stereocenters. The Bertz CT molecular complexity index is 760. The molecule has 5 heteroatoms. The second-order valence-electron chi connectivity index (χ2n) is 6.94. The normalized spacial score (nSPS) is 12.7. The predicted octanol–water partition coefficient (Wildman–Crippen LogP) is 3.66. The molecule has 144 valence electrons. The lowest BCUT2D eigenvalue weighted by atomic mass is 9.93. The Morgan fingerprint density at radius 1 is 1.00 bits per heavy atom. The fourth-order valence-corrected chi connectivity index (χ4v) is 2.81. The van der Waals surface area contributed by atoms with E-state index in [1.807, 2.05) is 61.5 Å². The lowest BCUT2D eigenvalue weighted by molar-refractivity contribution is -0.144. The minimum Gasteiger partial charge on any atom is -0.489 e. The van der Waals surface area contributed by atoms with Gasteiger partial charge in [-0.25, -0.2) is 0 Å². The van der Waals surface area contributed by atoms with E-state index in [-0.39, 0.29) is 18.5 Å². The summed E-state index contributed by atoms with van der Waals surface area (Å²) in [5.41, 5.74) is 1.60. The van der Waals surface area contributed by atoms with Gasteiger partial charge in [-0.15, -0.1) is 0 Å². The Balaban J connectivity index is 1.96. The zero-order chi connectivity index (χ0) is 19.7. The van der Waals surface area contributed by atoms with E-state index < -0.39 is 5.54 Å². The number of benzene rings is 2. The van der Waals surface area contributed by atoms with Crippen LogP contribution in [0.5, 0.6) is 5.75 Å². The maximum atomic E-state index is 11.5. The predicted molar refractivity (Wildman–Crippen MR) is 104 cm³/mol. The lowest BCUT2D eigenvalue weighted by Gasteiger charge is -2.30. The van der Waals surface area contributed by atoms with Crippen molar-refractivity contribution in [1.29, 1.82) is 0 Å². The first-order valence-electron chi connectivity index (χ1n) is 9.04. The van der Waals surface area contributed by atoms with Crippen molar-refractivity contribution in [2.75, 3.05) is 6.61 Å². The topological polar surface area (TPSA) is 64.6 Å². The summed E-state index contributed by atoms with van der Waals surface area (Å²) in [6.07, 6.45) is 1.36. The average Bonchev–Trinajstić information content (AvgIpc) is 2.64. The quantitative estimate of drug-likeness (QED) is 0.685. The minimum absolute atomic E-state index is 0.145. The molecule has 0 aromatic heterocycles. The van der Waals surface area contributed by atoms with Gasteiger partial charge in [-0.05, 0) is 43.0 Å². The van der Waals surface area contributed by atoms with Crippen molar-refractivity contribution < 1.29 is 19.1 Å². The minimum atomic E-state index is -0.613. The number of hydrogen-bond acceptors (Lipinski definition) is 4. The summed E-state index contributed by atoms with van der Waals surface area (Å²) < 4.78 is 11.0. The van der Waals surface area contributed by atoms with Crippen molar-refractivity contribution in [2.24, 2.45) is 0 Å². The number of nitrogens with one attached hydrogen (secondary N) is 1. The zero-order valence-corrected chi connectivity index (χ0v) is 16.2. The van der Waals surface area contributed by atoms with Crippen LogP contribution in [0.1, 0.15) is 38.3 Å². The molecule has 2 aromatic carbocycles. The van der Waals surface area contributed by atoms with Crippen molar-refractivity contribution >= 4 is 11.9 Å². The molecule has 0 bridgehead atoms. The van der Waals surface area contributed by atoms with E-state index in [0.717, 1.165) is 23.3 Å². The molecule has 0 saturated carbocycles. The van der Waals surface area contributed by atoms with Gasteiger partial charge >= 0.3 is 5.97 Å². The van der Waals surface area contributed by atoms with Gasteiger partial charge in [-0.2, -0.15) is 0 Å². The molecule has 0 fully saturated rings. The molecule has 0 saturated heterocycles. The molecule has 1 atom stereocenters. The Labute approximate surface area is 160 Å². The van der Waals surface area contributed by atoms with E-state index in [1.54, 1.807) is 0 Å². The van der Waals surface area contributed by atoms with E-state index >= 15 is 0 Å². The van der Waals surface area contributed by atoms with Crippen molar-refractivity contribution in [3.63, 3.8) is 0 Å². The van der Waals surface area contributed by atoms with Gasteiger partial charge in [0, 0.05) is 13.8 Å². The first kappa shape index (κ1) is 20.5. The largest absolute Gasteiger partial charge is 0.489 e. The molecule has 0 spiro atoms. The molecule has 0 aliphatic rings. The van der Waals surface area contributed by atoms with Crippen LogP contribution in [-0.2, 0) is 27.4 Å². The van der Waals surface area contributed by atoms with Crippen molar-refractivity contribution in [3.05, 3.63) is 65.7 Å². The molecule has 0 aliphatic heterocycles. The number of hydrogen-bond donors (Lipinski definition) is 1. The molecule has 0 heterocycles. The first-order chi connectivity index (χ1) is 12.9. The first-order valence-corrected chi connectivity index (χ1v) is 9.04. The van der Waals surface area contributed by atoms with E-state index in [9.17, 15) is 9.59 Å². The van der Waals surface area contributed by atoms with Crippen LogP contribution in [0, 0.1) is 0 Å². The number of rotatable bonds is 9. The van der Waals surface area contributed by atoms with E-state index in [4.69, 9.17) is 9.47 Å². The molecule has 0 radical (unpaired) electrons. The second kappa shape index (κ2) is 9.76. The molecular weight excluding hydrogens is 342 g/mol. The number of amides is 1. The molecule has 2 rings (SSSR count). The molecule has 1 amide bonds. The van der Waals surface area contributed by atoms with Gasteiger partial charge in [0.1, 0.15) is 19.0 Å². The number of aryl methyl sites for hydroxylation is 1.